The highest BCUT2D eigenvalue weighted by Gasteiger charge is 2.22. The summed E-state index contributed by atoms with van der Waals surface area (Å²) in [5.41, 5.74) is 0.767. The van der Waals surface area contributed by atoms with Crippen molar-refractivity contribution < 1.29 is 5.11 Å². The lowest BCUT2D eigenvalue weighted by atomic mass is 10.1. The molecule has 2 rings (SSSR count). The Morgan fingerprint density at radius 3 is 2.65 bits per heavy atom. The zero-order valence-electron chi connectivity index (χ0n) is 10.5. The molecule has 5 heteroatoms. The number of hydrogen-bond acceptors (Lipinski definition) is 5. The second kappa shape index (κ2) is 5.53. The van der Waals surface area contributed by atoms with Crippen LogP contribution in [0, 0.1) is 0 Å². The average molecular weight is 236 g/mol. The van der Waals surface area contributed by atoms with E-state index in [1.54, 1.807) is 12.4 Å². The van der Waals surface area contributed by atoms with E-state index in [9.17, 15) is 0 Å². The summed E-state index contributed by atoms with van der Waals surface area (Å²) in [7, 11) is 4.30. The Hall–Kier alpha value is -1.04. The standard InChI is InChI=1S/C12H20N4O/c1-15-3-4-16(2)11(8-15)5-12-13-6-10(9-17)7-14-12/h6-7,11,17H,3-5,8-9H2,1-2H3. The maximum absolute atomic E-state index is 8.93. The van der Waals surface area contributed by atoms with E-state index in [0.717, 1.165) is 37.4 Å². The second-order valence-electron chi connectivity index (χ2n) is 4.77. The first-order chi connectivity index (χ1) is 8.19. The summed E-state index contributed by atoms with van der Waals surface area (Å²) in [6, 6.07) is 0.480. The fourth-order valence-electron chi connectivity index (χ4n) is 2.10. The molecular formula is C12H20N4O. The van der Waals surface area contributed by atoms with Gasteiger partial charge >= 0.3 is 0 Å². The highest BCUT2D eigenvalue weighted by atomic mass is 16.3. The van der Waals surface area contributed by atoms with Gasteiger partial charge in [0.1, 0.15) is 5.82 Å². The van der Waals surface area contributed by atoms with Crippen LogP contribution in [0.1, 0.15) is 11.4 Å². The van der Waals surface area contributed by atoms with E-state index < -0.39 is 0 Å². The van der Waals surface area contributed by atoms with Gasteiger partial charge in [0.25, 0.3) is 0 Å². The Morgan fingerprint density at radius 2 is 2.00 bits per heavy atom. The molecule has 2 heterocycles. The Labute approximate surface area is 102 Å². The fraction of sp³-hybridized carbons (Fsp3) is 0.667. The molecule has 1 aliphatic heterocycles. The molecule has 1 unspecified atom stereocenters. The molecule has 0 amide bonds. The molecule has 0 aliphatic carbocycles. The van der Waals surface area contributed by atoms with Crippen molar-refractivity contribution in [2.24, 2.45) is 0 Å². The van der Waals surface area contributed by atoms with Crippen LogP contribution in [0.25, 0.3) is 0 Å². The van der Waals surface area contributed by atoms with Gasteiger partial charge in [-0.05, 0) is 14.1 Å². The monoisotopic (exact) mass is 236 g/mol. The lowest BCUT2D eigenvalue weighted by Crippen LogP contribution is -2.50. The quantitative estimate of drug-likeness (QED) is 0.785. The van der Waals surface area contributed by atoms with E-state index >= 15 is 0 Å². The van der Waals surface area contributed by atoms with Gasteiger partial charge in [-0.15, -0.1) is 0 Å². The molecule has 94 valence electrons. The molecule has 1 aromatic rings. The van der Waals surface area contributed by atoms with Crippen LogP contribution in [0.4, 0.5) is 0 Å². The molecule has 0 bridgehead atoms. The van der Waals surface area contributed by atoms with Crippen LogP contribution in [0.3, 0.4) is 0 Å². The van der Waals surface area contributed by atoms with Crippen molar-refractivity contribution in [2.45, 2.75) is 19.1 Å². The van der Waals surface area contributed by atoms with Crippen LogP contribution in [-0.4, -0.2) is 64.6 Å². The second-order valence-corrected chi connectivity index (χ2v) is 4.77. The fourth-order valence-corrected chi connectivity index (χ4v) is 2.10. The van der Waals surface area contributed by atoms with Crippen molar-refractivity contribution in [3.8, 4) is 0 Å². The van der Waals surface area contributed by atoms with Crippen molar-refractivity contribution in [2.75, 3.05) is 33.7 Å². The first-order valence-corrected chi connectivity index (χ1v) is 5.98. The average Bonchev–Trinajstić information content (AvgIpc) is 2.35. The number of aromatic nitrogens is 2. The van der Waals surface area contributed by atoms with E-state index in [0.29, 0.717) is 6.04 Å². The van der Waals surface area contributed by atoms with Crippen molar-refractivity contribution in [1.82, 2.24) is 19.8 Å². The molecule has 17 heavy (non-hydrogen) atoms. The highest BCUT2D eigenvalue weighted by molar-refractivity contribution is 5.04. The highest BCUT2D eigenvalue weighted by Crippen LogP contribution is 2.10. The minimum absolute atomic E-state index is 0.00630. The first kappa shape index (κ1) is 12.4. The zero-order valence-corrected chi connectivity index (χ0v) is 10.5. The molecule has 0 spiro atoms. The molecule has 0 saturated carbocycles. The predicted octanol–water partition coefficient (Wildman–Crippen LogP) is -0.243. The smallest absolute Gasteiger partial charge is 0.129 e. The van der Waals surface area contributed by atoms with Gasteiger partial charge in [0, 0.05) is 50.1 Å². The molecule has 1 N–H and O–H groups in total. The third kappa shape index (κ3) is 3.21. The molecule has 0 aromatic carbocycles. The van der Waals surface area contributed by atoms with Crippen LogP contribution in [0.5, 0.6) is 0 Å². The van der Waals surface area contributed by atoms with Crippen molar-refractivity contribution in [3.05, 3.63) is 23.8 Å². The van der Waals surface area contributed by atoms with E-state index in [2.05, 4.69) is 33.9 Å². The Balaban J connectivity index is 1.98. The van der Waals surface area contributed by atoms with Crippen molar-refractivity contribution >= 4 is 0 Å². The van der Waals surface area contributed by atoms with Crippen LogP contribution < -0.4 is 0 Å². The van der Waals surface area contributed by atoms with Crippen molar-refractivity contribution in [3.63, 3.8) is 0 Å². The Kier molecular flexibility index (Phi) is 4.04. The molecule has 1 fully saturated rings. The normalized spacial score (nSPS) is 22.9. The molecule has 1 aliphatic rings. The summed E-state index contributed by atoms with van der Waals surface area (Å²) < 4.78 is 0. The molecule has 5 nitrogen and oxygen atoms in total. The summed E-state index contributed by atoms with van der Waals surface area (Å²) in [6.07, 6.45) is 4.27. The Bertz CT molecular complexity index is 354. The van der Waals surface area contributed by atoms with Gasteiger partial charge in [-0.1, -0.05) is 0 Å². The Morgan fingerprint density at radius 1 is 1.29 bits per heavy atom. The van der Waals surface area contributed by atoms with Gasteiger partial charge in [-0.25, -0.2) is 9.97 Å². The van der Waals surface area contributed by atoms with Gasteiger partial charge in [-0.2, -0.15) is 0 Å². The largest absolute Gasteiger partial charge is 0.392 e. The number of aliphatic hydroxyl groups is 1. The van der Waals surface area contributed by atoms with Crippen LogP contribution in [-0.2, 0) is 13.0 Å². The lowest BCUT2D eigenvalue weighted by Gasteiger charge is -2.37. The van der Waals surface area contributed by atoms with Gasteiger partial charge in [0.15, 0.2) is 0 Å². The van der Waals surface area contributed by atoms with E-state index in [-0.39, 0.29) is 6.61 Å². The third-order valence-corrected chi connectivity index (χ3v) is 3.34. The SMILES string of the molecule is CN1CCN(C)C(Cc2ncc(CO)cn2)C1. The van der Waals surface area contributed by atoms with Gasteiger partial charge in [0.05, 0.1) is 6.61 Å². The number of likely N-dealkylation sites (N-methyl/N-ethyl adjacent to an activating group) is 2. The number of hydrogen-bond donors (Lipinski definition) is 1. The molecule has 1 saturated heterocycles. The van der Waals surface area contributed by atoms with Gasteiger partial charge in [-0.3, -0.25) is 0 Å². The van der Waals surface area contributed by atoms with Crippen LogP contribution in [0.15, 0.2) is 12.4 Å². The number of rotatable bonds is 3. The van der Waals surface area contributed by atoms with E-state index in [1.807, 2.05) is 0 Å². The minimum Gasteiger partial charge on any atom is -0.392 e. The predicted molar refractivity (Wildman–Crippen MR) is 65.6 cm³/mol. The molecule has 1 atom stereocenters. The maximum atomic E-state index is 8.93. The van der Waals surface area contributed by atoms with Gasteiger partial charge in [0.2, 0.25) is 0 Å². The van der Waals surface area contributed by atoms with Crippen molar-refractivity contribution in [1.29, 1.82) is 0 Å². The first-order valence-electron chi connectivity index (χ1n) is 5.98. The van der Waals surface area contributed by atoms with Crippen LogP contribution >= 0.6 is 0 Å². The third-order valence-electron chi connectivity index (χ3n) is 3.34. The molecule has 1 aromatic heterocycles. The summed E-state index contributed by atoms with van der Waals surface area (Å²) in [4.78, 5) is 13.3. The summed E-state index contributed by atoms with van der Waals surface area (Å²) in [5.74, 6) is 0.856. The zero-order chi connectivity index (χ0) is 12.3. The number of piperazine rings is 1. The molecule has 0 radical (unpaired) electrons. The maximum Gasteiger partial charge on any atom is 0.129 e. The van der Waals surface area contributed by atoms with E-state index in [1.165, 1.54) is 0 Å². The van der Waals surface area contributed by atoms with E-state index in [4.69, 9.17) is 5.11 Å². The molecular weight excluding hydrogens is 216 g/mol. The number of nitrogens with zero attached hydrogens (tertiary/aromatic N) is 4. The minimum atomic E-state index is 0.00630. The van der Waals surface area contributed by atoms with Gasteiger partial charge < -0.3 is 14.9 Å². The topological polar surface area (TPSA) is 52.5 Å². The van der Waals surface area contributed by atoms with Crippen LogP contribution in [0.2, 0.25) is 0 Å². The number of aliphatic hydroxyl groups excluding tert-OH is 1. The summed E-state index contributed by atoms with van der Waals surface area (Å²) >= 11 is 0. The lowest BCUT2D eigenvalue weighted by molar-refractivity contribution is 0.113. The summed E-state index contributed by atoms with van der Waals surface area (Å²) in [5, 5.41) is 8.93. The summed E-state index contributed by atoms with van der Waals surface area (Å²) in [6.45, 7) is 3.28.